The maximum atomic E-state index is 10.7. The Balaban J connectivity index is 2.64. The lowest BCUT2D eigenvalue weighted by Crippen LogP contribution is -1.95. The molecule has 0 unspecified atom stereocenters. The molecule has 0 spiro atoms. The summed E-state index contributed by atoms with van der Waals surface area (Å²) in [5.74, 6) is -1.06. The number of carboxylic acids is 1. The highest BCUT2D eigenvalue weighted by Crippen LogP contribution is 2.13. The van der Waals surface area contributed by atoms with Gasteiger partial charge in [0.2, 0.25) is 0 Å². The first kappa shape index (κ1) is 5.01. The molecule has 0 fully saturated rings. The standard InChI is InChI=1S/C9H8N2O2/c1-11-5-10-7-4-6(9(12)13)2-3-8(7)11/h2-5H,1H3,(H,12,13)/i1D3. The van der Waals surface area contributed by atoms with Crippen molar-refractivity contribution >= 4 is 17.0 Å². The summed E-state index contributed by atoms with van der Waals surface area (Å²) in [5.41, 5.74) is 0.837. The van der Waals surface area contributed by atoms with E-state index in [0.717, 1.165) is 4.57 Å². The zero-order valence-corrected chi connectivity index (χ0v) is 6.56. The average molecular weight is 179 g/mol. The second-order valence-electron chi connectivity index (χ2n) is 2.62. The summed E-state index contributed by atoms with van der Waals surface area (Å²) in [5, 5.41) is 8.77. The first-order valence-corrected chi connectivity index (χ1v) is 3.60. The van der Waals surface area contributed by atoms with Gasteiger partial charge in [0, 0.05) is 11.1 Å². The topological polar surface area (TPSA) is 55.1 Å². The fourth-order valence-corrected chi connectivity index (χ4v) is 1.15. The molecule has 0 amide bonds. The molecule has 0 aliphatic heterocycles. The zero-order valence-electron chi connectivity index (χ0n) is 9.56. The molecular weight excluding hydrogens is 168 g/mol. The van der Waals surface area contributed by atoms with Gasteiger partial charge in [0.05, 0.1) is 22.9 Å². The van der Waals surface area contributed by atoms with E-state index in [-0.39, 0.29) is 5.56 Å². The molecule has 4 heteroatoms. The molecule has 0 saturated carbocycles. The van der Waals surface area contributed by atoms with Crippen LogP contribution >= 0.6 is 0 Å². The number of fused-ring (bicyclic) bond motifs is 1. The highest BCUT2D eigenvalue weighted by atomic mass is 16.4. The maximum Gasteiger partial charge on any atom is 0.335 e. The van der Waals surface area contributed by atoms with Crippen LogP contribution in [0.3, 0.4) is 0 Å². The minimum Gasteiger partial charge on any atom is -0.478 e. The van der Waals surface area contributed by atoms with Crippen LogP contribution in [-0.4, -0.2) is 20.6 Å². The van der Waals surface area contributed by atoms with Gasteiger partial charge >= 0.3 is 5.97 Å². The number of aryl methyl sites for hydroxylation is 1. The number of aromatic carboxylic acids is 1. The number of imidazole rings is 1. The molecule has 1 aromatic heterocycles. The van der Waals surface area contributed by atoms with Crippen molar-refractivity contribution < 1.29 is 14.0 Å². The Hall–Kier alpha value is -1.84. The summed E-state index contributed by atoms with van der Waals surface area (Å²) in [7, 11) is 0. The summed E-state index contributed by atoms with van der Waals surface area (Å²) in [6, 6.07) is 4.15. The first-order chi connectivity index (χ1) is 7.39. The molecule has 0 saturated heterocycles. The monoisotopic (exact) mass is 179 g/mol. The number of benzene rings is 1. The molecular formula is C9H8N2O2. The smallest absolute Gasteiger partial charge is 0.335 e. The van der Waals surface area contributed by atoms with Gasteiger partial charge in [-0.3, -0.25) is 0 Å². The van der Waals surface area contributed by atoms with Gasteiger partial charge < -0.3 is 9.67 Å². The molecule has 0 aliphatic rings. The highest BCUT2D eigenvalue weighted by Gasteiger charge is 2.05. The number of hydrogen-bond acceptors (Lipinski definition) is 2. The van der Waals surface area contributed by atoms with Crippen molar-refractivity contribution in [1.82, 2.24) is 9.55 Å². The molecule has 0 radical (unpaired) electrons. The number of carboxylic acid groups (broad SMARTS) is 1. The van der Waals surface area contributed by atoms with E-state index in [9.17, 15) is 4.79 Å². The molecule has 1 N–H and O–H groups in total. The fourth-order valence-electron chi connectivity index (χ4n) is 1.15. The number of aromatic nitrogens is 2. The second kappa shape index (κ2) is 2.58. The van der Waals surface area contributed by atoms with Crippen LogP contribution in [0.25, 0.3) is 11.0 Å². The van der Waals surface area contributed by atoms with Gasteiger partial charge in [-0.05, 0) is 18.2 Å². The van der Waals surface area contributed by atoms with Crippen LogP contribution in [0.4, 0.5) is 0 Å². The van der Waals surface area contributed by atoms with Crippen molar-refractivity contribution in [3.8, 4) is 0 Å². The third-order valence-electron chi connectivity index (χ3n) is 1.79. The Kier molecular flexibility index (Phi) is 0.997. The predicted molar refractivity (Wildman–Crippen MR) is 47.7 cm³/mol. The van der Waals surface area contributed by atoms with Crippen molar-refractivity contribution in [2.24, 2.45) is 6.98 Å². The number of hydrogen-bond donors (Lipinski definition) is 1. The van der Waals surface area contributed by atoms with Crippen LogP contribution in [0.2, 0.25) is 0 Å². The molecule has 4 nitrogen and oxygen atoms in total. The normalized spacial score (nSPS) is 14.9. The largest absolute Gasteiger partial charge is 0.478 e. The van der Waals surface area contributed by atoms with Gasteiger partial charge in [0.25, 0.3) is 0 Å². The Morgan fingerprint density at radius 1 is 1.69 bits per heavy atom. The summed E-state index contributed by atoms with van der Waals surface area (Å²) in [6.07, 6.45) is 1.18. The molecule has 2 aromatic rings. The molecule has 0 aliphatic carbocycles. The predicted octanol–water partition coefficient (Wildman–Crippen LogP) is 1.27. The maximum absolute atomic E-state index is 10.7. The second-order valence-corrected chi connectivity index (χ2v) is 2.62. The molecule has 1 aromatic carbocycles. The van der Waals surface area contributed by atoms with E-state index >= 15 is 0 Å². The third kappa shape index (κ3) is 1.16. The number of nitrogens with zero attached hydrogens (tertiary/aromatic N) is 2. The number of rotatable bonds is 1. The van der Waals surface area contributed by atoms with Crippen LogP contribution in [0.1, 0.15) is 14.5 Å². The molecule has 0 bridgehead atoms. The van der Waals surface area contributed by atoms with Gasteiger partial charge in [-0.1, -0.05) is 0 Å². The third-order valence-corrected chi connectivity index (χ3v) is 1.79. The van der Waals surface area contributed by atoms with E-state index in [1.807, 2.05) is 0 Å². The van der Waals surface area contributed by atoms with Gasteiger partial charge in [-0.15, -0.1) is 0 Å². The molecule has 2 rings (SSSR count). The Labute approximate surface area is 78.7 Å². The summed E-state index contributed by atoms with van der Waals surface area (Å²) >= 11 is 0. The van der Waals surface area contributed by atoms with Gasteiger partial charge in [0.15, 0.2) is 0 Å². The minimum absolute atomic E-state index is 0.0864. The highest BCUT2D eigenvalue weighted by molar-refractivity contribution is 5.92. The van der Waals surface area contributed by atoms with Gasteiger partial charge in [-0.2, -0.15) is 0 Å². The van der Waals surface area contributed by atoms with Gasteiger partial charge in [0.1, 0.15) is 0 Å². The molecule has 66 valence electrons. The SMILES string of the molecule is [2H]C([2H])([2H])n1cnc2cc(C(=O)O)ccc21. The zero-order chi connectivity index (χ0) is 11.9. The number of carbonyl (C=O) groups is 1. The Morgan fingerprint density at radius 2 is 2.54 bits per heavy atom. The quantitative estimate of drug-likeness (QED) is 0.717. The first-order valence-electron chi connectivity index (χ1n) is 5.10. The Bertz CT molecular complexity index is 559. The van der Waals surface area contributed by atoms with Crippen LogP contribution in [0.15, 0.2) is 24.5 Å². The van der Waals surface area contributed by atoms with E-state index in [1.54, 1.807) is 0 Å². The van der Waals surface area contributed by atoms with Crippen molar-refractivity contribution in [2.45, 2.75) is 0 Å². The van der Waals surface area contributed by atoms with Gasteiger partial charge in [-0.25, -0.2) is 9.78 Å². The molecule has 1 heterocycles. The van der Waals surface area contributed by atoms with Crippen molar-refractivity contribution in [1.29, 1.82) is 0 Å². The van der Waals surface area contributed by atoms with E-state index in [4.69, 9.17) is 9.22 Å². The lowest BCUT2D eigenvalue weighted by atomic mass is 10.2. The van der Waals surface area contributed by atoms with Crippen molar-refractivity contribution in [3.05, 3.63) is 30.1 Å². The summed E-state index contributed by atoms with van der Waals surface area (Å²) < 4.78 is 22.8. The lowest BCUT2D eigenvalue weighted by Gasteiger charge is -1.95. The van der Waals surface area contributed by atoms with E-state index < -0.39 is 12.9 Å². The van der Waals surface area contributed by atoms with E-state index in [2.05, 4.69) is 4.98 Å². The van der Waals surface area contributed by atoms with Crippen molar-refractivity contribution in [2.75, 3.05) is 0 Å². The van der Waals surface area contributed by atoms with Crippen LogP contribution in [0, 0.1) is 0 Å². The Morgan fingerprint density at radius 3 is 3.23 bits per heavy atom. The van der Waals surface area contributed by atoms with E-state index in [0.29, 0.717) is 11.0 Å². The average Bonchev–Trinajstić information content (AvgIpc) is 2.58. The van der Waals surface area contributed by atoms with Crippen LogP contribution in [-0.2, 0) is 6.98 Å². The molecule has 13 heavy (non-hydrogen) atoms. The fraction of sp³-hybridized carbons (Fsp3) is 0.111. The summed E-state index contributed by atoms with van der Waals surface area (Å²) in [6.45, 7) is -2.31. The molecule has 0 atom stereocenters. The van der Waals surface area contributed by atoms with E-state index in [1.165, 1.54) is 24.5 Å². The van der Waals surface area contributed by atoms with Crippen LogP contribution < -0.4 is 0 Å². The minimum atomic E-state index is -2.31. The van der Waals surface area contributed by atoms with Crippen LogP contribution in [0.5, 0.6) is 0 Å². The lowest BCUT2D eigenvalue weighted by molar-refractivity contribution is 0.0697. The van der Waals surface area contributed by atoms with Crippen molar-refractivity contribution in [3.63, 3.8) is 0 Å². The summed E-state index contributed by atoms with van der Waals surface area (Å²) in [4.78, 5) is 14.6.